The second-order valence-electron chi connectivity index (χ2n) is 4.24. The molecule has 110 valence electrons. The fourth-order valence-corrected chi connectivity index (χ4v) is 2.37. The van der Waals surface area contributed by atoms with Crippen molar-refractivity contribution in [2.45, 2.75) is 11.8 Å². The van der Waals surface area contributed by atoms with Crippen molar-refractivity contribution in [2.75, 3.05) is 19.8 Å². The van der Waals surface area contributed by atoms with Gasteiger partial charge >= 0.3 is 5.97 Å². The van der Waals surface area contributed by atoms with Crippen LogP contribution in [0.4, 0.5) is 0 Å². The molecule has 0 aromatic heterocycles. The Morgan fingerprint density at radius 1 is 1.35 bits per heavy atom. The molecule has 0 spiro atoms. The highest BCUT2D eigenvalue weighted by Crippen LogP contribution is 2.10. The van der Waals surface area contributed by atoms with Crippen LogP contribution in [0, 0.1) is 0 Å². The summed E-state index contributed by atoms with van der Waals surface area (Å²) in [5, 5.41) is 8.74. The molecule has 0 atom stereocenters. The Kier molecular flexibility index (Phi) is 5.87. The van der Waals surface area contributed by atoms with Crippen molar-refractivity contribution in [1.29, 1.82) is 0 Å². The van der Waals surface area contributed by atoms with Crippen molar-refractivity contribution in [2.24, 2.45) is 0 Å². The molecule has 0 fully saturated rings. The molecule has 0 amide bonds. The van der Waals surface area contributed by atoms with Crippen LogP contribution in [0.1, 0.15) is 17.3 Å². The summed E-state index contributed by atoms with van der Waals surface area (Å²) in [5.74, 6) is -1.10. The first kappa shape index (κ1) is 16.4. The molecule has 0 aliphatic carbocycles. The smallest absolute Gasteiger partial charge is 0.335 e. The van der Waals surface area contributed by atoms with E-state index in [2.05, 4.69) is 11.3 Å². The number of nitrogens with one attached hydrogen (secondary N) is 1. The Morgan fingerprint density at radius 2 is 1.95 bits per heavy atom. The molecular weight excluding hydrogens is 282 g/mol. The third-order valence-corrected chi connectivity index (χ3v) is 3.78. The molecule has 1 aromatic rings. The minimum atomic E-state index is -3.65. The van der Waals surface area contributed by atoms with Crippen LogP contribution in [0.5, 0.6) is 0 Å². The monoisotopic (exact) mass is 299 g/mol. The fraction of sp³-hybridized carbons (Fsp3) is 0.308. The minimum absolute atomic E-state index is 0.0161. The number of carboxylic acid groups (broad SMARTS) is 1. The highest BCUT2D eigenvalue weighted by atomic mass is 32.2. The summed E-state index contributed by atoms with van der Waals surface area (Å²) in [6, 6.07) is 4.99. The summed E-state index contributed by atoms with van der Waals surface area (Å²) in [6.45, 7) is 6.23. The molecular formula is C13H17NO5S. The molecule has 0 aliphatic rings. The third kappa shape index (κ3) is 5.12. The van der Waals surface area contributed by atoms with Crippen molar-refractivity contribution in [3.8, 4) is 0 Å². The van der Waals surface area contributed by atoms with Gasteiger partial charge in [-0.2, -0.15) is 0 Å². The number of aromatic carboxylic acids is 1. The first-order valence-corrected chi connectivity index (χ1v) is 7.36. The summed E-state index contributed by atoms with van der Waals surface area (Å²) in [5.41, 5.74) is 0.894. The number of carbonyl (C=O) groups is 1. The number of hydrogen-bond acceptors (Lipinski definition) is 4. The Hall–Kier alpha value is -1.70. The molecule has 1 rings (SSSR count). The quantitative estimate of drug-likeness (QED) is 0.557. The lowest BCUT2D eigenvalue weighted by atomic mass is 10.2. The van der Waals surface area contributed by atoms with E-state index in [1.807, 2.05) is 6.92 Å². The van der Waals surface area contributed by atoms with E-state index in [0.717, 1.165) is 5.57 Å². The molecule has 0 heterocycles. The normalized spacial score (nSPS) is 11.2. The highest BCUT2D eigenvalue weighted by Gasteiger charge is 2.14. The molecule has 2 N–H and O–H groups in total. The van der Waals surface area contributed by atoms with Crippen LogP contribution in [0.3, 0.4) is 0 Å². The van der Waals surface area contributed by atoms with Gasteiger partial charge < -0.3 is 9.84 Å². The number of hydrogen-bond donors (Lipinski definition) is 2. The van der Waals surface area contributed by atoms with Crippen molar-refractivity contribution >= 4 is 16.0 Å². The Morgan fingerprint density at radius 3 is 2.45 bits per heavy atom. The fourth-order valence-electron chi connectivity index (χ4n) is 1.35. The first-order valence-electron chi connectivity index (χ1n) is 5.88. The summed E-state index contributed by atoms with van der Waals surface area (Å²) >= 11 is 0. The number of benzene rings is 1. The maximum Gasteiger partial charge on any atom is 0.335 e. The van der Waals surface area contributed by atoms with Gasteiger partial charge in [-0.05, 0) is 31.2 Å². The van der Waals surface area contributed by atoms with Crippen LogP contribution < -0.4 is 4.72 Å². The van der Waals surface area contributed by atoms with Gasteiger partial charge in [-0.25, -0.2) is 17.9 Å². The topological polar surface area (TPSA) is 92.7 Å². The van der Waals surface area contributed by atoms with Crippen molar-refractivity contribution in [3.05, 3.63) is 42.0 Å². The van der Waals surface area contributed by atoms with Crippen LogP contribution in [0.2, 0.25) is 0 Å². The van der Waals surface area contributed by atoms with Crippen LogP contribution in [0.25, 0.3) is 0 Å². The standard InChI is InChI=1S/C13H17NO5S/c1-10(2)9-19-8-7-14-20(17,18)12-5-3-11(4-6-12)13(15)16/h3-6,14H,1,7-9H2,2H3,(H,15,16). The summed E-state index contributed by atoms with van der Waals surface area (Å²) in [4.78, 5) is 10.7. The second-order valence-corrected chi connectivity index (χ2v) is 6.00. The first-order chi connectivity index (χ1) is 9.33. The zero-order valence-corrected chi connectivity index (χ0v) is 11.9. The Bertz CT molecular complexity index is 577. The molecule has 7 heteroatoms. The SMILES string of the molecule is C=C(C)COCCNS(=O)(=O)c1ccc(C(=O)O)cc1. The molecule has 0 saturated carbocycles. The molecule has 0 saturated heterocycles. The van der Waals surface area contributed by atoms with Gasteiger partial charge in [-0.15, -0.1) is 0 Å². The highest BCUT2D eigenvalue weighted by molar-refractivity contribution is 7.89. The number of rotatable bonds is 8. The van der Waals surface area contributed by atoms with Gasteiger partial charge in [-0.3, -0.25) is 0 Å². The predicted molar refractivity (Wildman–Crippen MR) is 74.2 cm³/mol. The number of sulfonamides is 1. The van der Waals surface area contributed by atoms with Gasteiger partial charge in [0.05, 0.1) is 23.7 Å². The van der Waals surface area contributed by atoms with Gasteiger partial charge in [0.1, 0.15) is 0 Å². The molecule has 0 aliphatic heterocycles. The number of carboxylic acids is 1. The maximum absolute atomic E-state index is 11.9. The van der Waals surface area contributed by atoms with Gasteiger partial charge in [0.2, 0.25) is 10.0 Å². The zero-order valence-electron chi connectivity index (χ0n) is 11.1. The molecule has 6 nitrogen and oxygen atoms in total. The van der Waals surface area contributed by atoms with Gasteiger partial charge in [-0.1, -0.05) is 12.2 Å². The van der Waals surface area contributed by atoms with E-state index >= 15 is 0 Å². The Labute approximate surface area is 118 Å². The molecule has 0 unspecified atom stereocenters. The van der Waals surface area contributed by atoms with Crippen LogP contribution in [-0.4, -0.2) is 39.3 Å². The Balaban J connectivity index is 2.56. The maximum atomic E-state index is 11.9. The van der Waals surface area contributed by atoms with Crippen LogP contribution in [-0.2, 0) is 14.8 Å². The lowest BCUT2D eigenvalue weighted by Crippen LogP contribution is -2.27. The second kappa shape index (κ2) is 7.18. The van der Waals surface area contributed by atoms with E-state index in [1.165, 1.54) is 24.3 Å². The van der Waals surface area contributed by atoms with E-state index in [4.69, 9.17) is 9.84 Å². The molecule has 0 radical (unpaired) electrons. The molecule has 20 heavy (non-hydrogen) atoms. The largest absolute Gasteiger partial charge is 0.478 e. The molecule has 0 bridgehead atoms. The van der Waals surface area contributed by atoms with Gasteiger partial charge in [0.15, 0.2) is 0 Å². The summed E-state index contributed by atoms with van der Waals surface area (Å²) in [7, 11) is -3.65. The third-order valence-electron chi connectivity index (χ3n) is 2.30. The summed E-state index contributed by atoms with van der Waals surface area (Å²) in [6.07, 6.45) is 0. The van der Waals surface area contributed by atoms with E-state index < -0.39 is 16.0 Å². The average Bonchev–Trinajstić information content (AvgIpc) is 2.38. The molecule has 1 aromatic carbocycles. The van der Waals surface area contributed by atoms with Gasteiger partial charge in [0, 0.05) is 6.54 Å². The van der Waals surface area contributed by atoms with Crippen molar-refractivity contribution in [3.63, 3.8) is 0 Å². The van der Waals surface area contributed by atoms with E-state index in [9.17, 15) is 13.2 Å². The lowest BCUT2D eigenvalue weighted by molar-refractivity contribution is 0.0696. The van der Waals surface area contributed by atoms with E-state index in [1.54, 1.807) is 0 Å². The minimum Gasteiger partial charge on any atom is -0.478 e. The average molecular weight is 299 g/mol. The van der Waals surface area contributed by atoms with E-state index in [-0.39, 0.29) is 23.6 Å². The van der Waals surface area contributed by atoms with Crippen LogP contribution in [0.15, 0.2) is 41.3 Å². The van der Waals surface area contributed by atoms with Crippen molar-refractivity contribution < 1.29 is 23.1 Å². The van der Waals surface area contributed by atoms with Crippen LogP contribution >= 0.6 is 0 Å². The lowest BCUT2D eigenvalue weighted by Gasteiger charge is -2.07. The van der Waals surface area contributed by atoms with Gasteiger partial charge in [0.25, 0.3) is 0 Å². The predicted octanol–water partition coefficient (Wildman–Crippen LogP) is 1.26. The summed E-state index contributed by atoms with van der Waals surface area (Å²) < 4.78 is 31.3. The number of ether oxygens (including phenoxy) is 1. The zero-order chi connectivity index (χ0) is 15.2. The van der Waals surface area contributed by atoms with Crippen molar-refractivity contribution in [1.82, 2.24) is 4.72 Å². The van der Waals surface area contributed by atoms with E-state index in [0.29, 0.717) is 6.61 Å².